The van der Waals surface area contributed by atoms with Crippen molar-refractivity contribution in [3.63, 3.8) is 0 Å². The van der Waals surface area contributed by atoms with Crippen molar-refractivity contribution in [1.29, 1.82) is 0 Å². The molecule has 7 nitrogen and oxygen atoms in total. The van der Waals surface area contributed by atoms with Crippen LogP contribution in [0.15, 0.2) is 36.4 Å². The van der Waals surface area contributed by atoms with Gasteiger partial charge in [0, 0.05) is 22.9 Å². The van der Waals surface area contributed by atoms with Crippen molar-refractivity contribution >= 4 is 34.6 Å². The average molecular weight is 372 g/mol. The molecule has 0 saturated carbocycles. The predicted octanol–water partition coefficient (Wildman–Crippen LogP) is 3.41. The number of para-hydroxylation sites is 1. The van der Waals surface area contributed by atoms with E-state index in [1.807, 2.05) is 25.1 Å². The molecule has 2 rings (SSSR count). The van der Waals surface area contributed by atoms with Crippen LogP contribution in [0.25, 0.3) is 0 Å². The Balaban J connectivity index is 2.00. The van der Waals surface area contributed by atoms with Crippen molar-refractivity contribution in [2.75, 3.05) is 5.32 Å². The summed E-state index contributed by atoms with van der Waals surface area (Å²) in [5, 5.41) is 14.2. The molecule has 2 aromatic carbocycles. The first-order chi connectivity index (χ1) is 12.3. The van der Waals surface area contributed by atoms with E-state index in [1.54, 1.807) is 6.92 Å². The number of hydrogen-bond donors (Lipinski definition) is 3. The van der Waals surface area contributed by atoms with Crippen molar-refractivity contribution in [2.24, 2.45) is 0 Å². The quantitative estimate of drug-likeness (QED) is 0.432. The Hall–Kier alpha value is -3.00. The van der Waals surface area contributed by atoms with E-state index in [-0.39, 0.29) is 10.8 Å². The van der Waals surface area contributed by atoms with Crippen LogP contribution in [-0.4, -0.2) is 15.9 Å². The molecule has 0 radical (unpaired) electrons. The summed E-state index contributed by atoms with van der Waals surface area (Å²) in [5.41, 5.74) is 8.90. The van der Waals surface area contributed by atoms with Gasteiger partial charge in [-0.05, 0) is 55.7 Å². The van der Waals surface area contributed by atoms with Crippen LogP contribution in [0.4, 0.5) is 11.4 Å². The summed E-state index contributed by atoms with van der Waals surface area (Å²) in [7, 11) is 0. The molecule has 0 heterocycles. The molecule has 1 amide bonds. The number of hydrazine groups is 1. The molecule has 0 saturated heterocycles. The van der Waals surface area contributed by atoms with Gasteiger partial charge < -0.3 is 5.32 Å². The summed E-state index contributed by atoms with van der Waals surface area (Å²) in [4.78, 5) is 22.5. The van der Waals surface area contributed by atoms with Gasteiger partial charge in [-0.1, -0.05) is 25.1 Å². The average Bonchev–Trinajstić information content (AvgIpc) is 2.60. The highest BCUT2D eigenvalue weighted by Gasteiger charge is 2.14. The lowest BCUT2D eigenvalue weighted by Gasteiger charge is -2.16. The van der Waals surface area contributed by atoms with E-state index in [1.165, 1.54) is 18.2 Å². The Morgan fingerprint density at radius 3 is 2.50 bits per heavy atom. The van der Waals surface area contributed by atoms with Crippen molar-refractivity contribution in [3.05, 3.63) is 68.8 Å². The summed E-state index contributed by atoms with van der Waals surface area (Å²) >= 11 is 5.23. The third-order valence-electron chi connectivity index (χ3n) is 3.92. The Kier molecular flexibility index (Phi) is 6.24. The van der Waals surface area contributed by atoms with Crippen LogP contribution in [0.3, 0.4) is 0 Å². The smallest absolute Gasteiger partial charge is 0.272 e. The molecule has 0 aromatic heterocycles. The molecule has 0 unspecified atom stereocenters. The zero-order valence-electron chi connectivity index (χ0n) is 14.8. The van der Waals surface area contributed by atoms with Crippen molar-refractivity contribution in [2.45, 2.75) is 27.2 Å². The summed E-state index contributed by atoms with van der Waals surface area (Å²) in [6, 6.07) is 10.1. The fraction of sp³-hybridized carbons (Fsp3) is 0.222. The van der Waals surface area contributed by atoms with Crippen LogP contribution in [0.2, 0.25) is 0 Å². The SMILES string of the molecule is CCc1cccc(C)c1NC(=S)NNC(=O)c1ccc([N+](=O)[O-])c(C)c1. The van der Waals surface area contributed by atoms with Gasteiger partial charge in [0.1, 0.15) is 0 Å². The number of nitro groups is 1. The molecule has 26 heavy (non-hydrogen) atoms. The molecule has 0 aliphatic rings. The topological polar surface area (TPSA) is 96.3 Å². The Morgan fingerprint density at radius 2 is 1.88 bits per heavy atom. The van der Waals surface area contributed by atoms with Crippen LogP contribution in [0.1, 0.15) is 34.0 Å². The number of carbonyl (C=O) groups is 1. The van der Waals surface area contributed by atoms with Crippen molar-refractivity contribution in [1.82, 2.24) is 10.9 Å². The molecule has 0 aliphatic carbocycles. The Morgan fingerprint density at radius 1 is 1.15 bits per heavy atom. The lowest BCUT2D eigenvalue weighted by molar-refractivity contribution is -0.385. The zero-order chi connectivity index (χ0) is 19.3. The van der Waals surface area contributed by atoms with Crippen molar-refractivity contribution in [3.8, 4) is 0 Å². The summed E-state index contributed by atoms with van der Waals surface area (Å²) in [6.07, 6.45) is 0.848. The van der Waals surface area contributed by atoms with Crippen molar-refractivity contribution < 1.29 is 9.72 Å². The van der Waals surface area contributed by atoms with E-state index in [2.05, 4.69) is 23.1 Å². The minimum atomic E-state index is -0.484. The number of nitrogens with zero attached hydrogens (tertiary/aromatic N) is 1. The molecule has 0 bridgehead atoms. The first-order valence-electron chi connectivity index (χ1n) is 8.04. The number of anilines is 1. The van der Waals surface area contributed by atoms with Gasteiger partial charge >= 0.3 is 0 Å². The van der Waals surface area contributed by atoms with E-state index in [4.69, 9.17) is 12.2 Å². The third-order valence-corrected chi connectivity index (χ3v) is 4.13. The molecule has 0 aliphatic heterocycles. The van der Waals surface area contributed by atoms with Gasteiger partial charge in [-0.15, -0.1) is 0 Å². The molecule has 8 heteroatoms. The standard InChI is InChI=1S/C18H20N4O3S/c1-4-13-7-5-6-11(2)16(13)19-18(26)21-20-17(23)14-8-9-15(22(24)25)12(3)10-14/h5-10H,4H2,1-3H3,(H,20,23)(H2,19,21,26). The molecule has 3 N–H and O–H groups in total. The number of thiocarbonyl (C=S) groups is 1. The van der Waals surface area contributed by atoms with E-state index in [0.717, 1.165) is 23.2 Å². The van der Waals surface area contributed by atoms with Gasteiger partial charge in [-0.3, -0.25) is 25.8 Å². The monoisotopic (exact) mass is 372 g/mol. The highest BCUT2D eigenvalue weighted by molar-refractivity contribution is 7.80. The normalized spacial score (nSPS) is 10.1. The van der Waals surface area contributed by atoms with Gasteiger partial charge in [0.25, 0.3) is 11.6 Å². The number of nitro benzene ring substituents is 1. The molecule has 136 valence electrons. The maximum Gasteiger partial charge on any atom is 0.272 e. The van der Waals surface area contributed by atoms with Crippen LogP contribution in [-0.2, 0) is 6.42 Å². The molecular formula is C18H20N4O3S. The number of carbonyl (C=O) groups excluding carboxylic acids is 1. The molecule has 0 fully saturated rings. The Bertz CT molecular complexity index is 868. The summed E-state index contributed by atoms with van der Waals surface area (Å²) < 4.78 is 0. The lowest BCUT2D eigenvalue weighted by atomic mass is 10.1. The fourth-order valence-electron chi connectivity index (χ4n) is 2.53. The minimum Gasteiger partial charge on any atom is -0.331 e. The number of hydrogen-bond acceptors (Lipinski definition) is 4. The van der Waals surface area contributed by atoms with Gasteiger partial charge in [0.15, 0.2) is 5.11 Å². The van der Waals surface area contributed by atoms with Crippen LogP contribution in [0, 0.1) is 24.0 Å². The third kappa shape index (κ3) is 4.54. The first-order valence-corrected chi connectivity index (χ1v) is 8.45. The van der Waals surface area contributed by atoms with E-state index < -0.39 is 10.8 Å². The Labute approximate surface area is 156 Å². The van der Waals surface area contributed by atoms with Gasteiger partial charge in [0.05, 0.1) is 4.92 Å². The number of amides is 1. The number of aryl methyl sites for hydroxylation is 3. The van der Waals surface area contributed by atoms with E-state index in [0.29, 0.717) is 11.1 Å². The highest BCUT2D eigenvalue weighted by atomic mass is 32.1. The molecule has 2 aromatic rings. The highest BCUT2D eigenvalue weighted by Crippen LogP contribution is 2.21. The molecular weight excluding hydrogens is 352 g/mol. The van der Waals surface area contributed by atoms with Gasteiger partial charge in [-0.25, -0.2) is 0 Å². The maximum absolute atomic E-state index is 12.2. The van der Waals surface area contributed by atoms with E-state index in [9.17, 15) is 14.9 Å². The van der Waals surface area contributed by atoms with Crippen LogP contribution >= 0.6 is 12.2 Å². The second-order valence-electron chi connectivity index (χ2n) is 5.75. The second-order valence-corrected chi connectivity index (χ2v) is 6.16. The summed E-state index contributed by atoms with van der Waals surface area (Å²) in [6.45, 7) is 5.61. The lowest BCUT2D eigenvalue weighted by Crippen LogP contribution is -2.44. The zero-order valence-corrected chi connectivity index (χ0v) is 15.6. The van der Waals surface area contributed by atoms with Gasteiger partial charge in [0.2, 0.25) is 0 Å². The molecule has 0 atom stereocenters. The second kappa shape index (κ2) is 8.39. The predicted molar refractivity (Wildman–Crippen MR) is 105 cm³/mol. The summed E-state index contributed by atoms with van der Waals surface area (Å²) in [5.74, 6) is -0.437. The number of rotatable bonds is 4. The van der Waals surface area contributed by atoms with Crippen LogP contribution < -0.4 is 16.2 Å². The van der Waals surface area contributed by atoms with E-state index >= 15 is 0 Å². The largest absolute Gasteiger partial charge is 0.331 e. The van der Waals surface area contributed by atoms with Crippen LogP contribution in [0.5, 0.6) is 0 Å². The minimum absolute atomic E-state index is 0.0293. The van der Waals surface area contributed by atoms with Gasteiger partial charge in [-0.2, -0.15) is 0 Å². The molecule has 0 spiro atoms. The fourth-order valence-corrected chi connectivity index (χ4v) is 2.69. The first kappa shape index (κ1) is 19.3. The number of benzene rings is 2. The number of nitrogens with one attached hydrogen (secondary N) is 3. The maximum atomic E-state index is 12.2.